The first kappa shape index (κ1) is 23.9. The Balaban J connectivity index is 0.000000709. The first-order chi connectivity index (χ1) is 15.8. The van der Waals surface area contributed by atoms with Crippen molar-refractivity contribution in [2.24, 2.45) is 4.99 Å². The number of alkyl halides is 3. The van der Waals surface area contributed by atoms with Crippen molar-refractivity contribution in [1.82, 2.24) is 16.1 Å². The van der Waals surface area contributed by atoms with Crippen molar-refractivity contribution in [3.8, 4) is 11.3 Å². The Morgan fingerprint density at radius 2 is 1.76 bits per heavy atom. The number of hydrogen-bond acceptors (Lipinski definition) is 8. The van der Waals surface area contributed by atoms with Crippen molar-refractivity contribution in [3.05, 3.63) is 77.0 Å². The number of amides is 1. The number of aliphatic imine (C=N–C) groups is 1. The first-order valence-electron chi connectivity index (χ1n) is 9.49. The second kappa shape index (κ2) is 10.3. The fourth-order valence-corrected chi connectivity index (χ4v) is 2.99. The minimum absolute atomic E-state index is 0.181. The van der Waals surface area contributed by atoms with E-state index < -0.39 is 29.8 Å². The van der Waals surface area contributed by atoms with Crippen LogP contribution in [0.25, 0.3) is 11.3 Å². The first-order valence-corrected chi connectivity index (χ1v) is 9.49. The van der Waals surface area contributed by atoms with Crippen molar-refractivity contribution >= 4 is 12.2 Å². The number of aliphatic hydroxyl groups excluding tert-OH is 1. The molecule has 0 fully saturated rings. The lowest BCUT2D eigenvalue weighted by molar-refractivity contribution is -0.140. The molecule has 0 saturated heterocycles. The Hall–Kier alpha value is -3.74. The lowest BCUT2D eigenvalue weighted by Crippen LogP contribution is -2.18. The molecule has 0 bridgehead atoms. The molecule has 33 heavy (non-hydrogen) atoms. The highest BCUT2D eigenvalue weighted by Gasteiger charge is 2.44. The molecule has 4 rings (SSSR count). The van der Waals surface area contributed by atoms with Gasteiger partial charge in [-0.05, 0) is 12.5 Å². The smallest absolute Gasteiger partial charge is 0.389 e. The zero-order valence-corrected chi connectivity index (χ0v) is 17.1. The molecular formula is C21H19F3N4O5. The number of carbonyl (C=O) groups excluding carboxylic acids is 1. The van der Waals surface area contributed by atoms with Crippen LogP contribution in [0.2, 0.25) is 0 Å². The molecule has 0 saturated carbocycles. The van der Waals surface area contributed by atoms with Gasteiger partial charge in [0.15, 0.2) is 5.84 Å². The lowest BCUT2D eigenvalue weighted by Gasteiger charge is -2.09. The summed E-state index contributed by atoms with van der Waals surface area (Å²) < 4.78 is 46.3. The summed E-state index contributed by atoms with van der Waals surface area (Å²) in [5.74, 6) is -0.280. The highest BCUT2D eigenvalue weighted by atomic mass is 19.4. The number of aliphatic hydroxyl groups is 1. The van der Waals surface area contributed by atoms with Crippen LogP contribution < -0.4 is 11.0 Å². The van der Waals surface area contributed by atoms with E-state index in [0.29, 0.717) is 11.1 Å². The van der Waals surface area contributed by atoms with Crippen LogP contribution in [0, 0.1) is 0 Å². The second-order valence-corrected chi connectivity index (χ2v) is 6.73. The van der Waals surface area contributed by atoms with Gasteiger partial charge in [0.05, 0.1) is 6.10 Å². The molecule has 4 N–H and O–H groups in total. The molecule has 2 aromatic carbocycles. The fourth-order valence-electron chi connectivity index (χ4n) is 2.99. The van der Waals surface area contributed by atoms with E-state index in [0.717, 1.165) is 0 Å². The van der Waals surface area contributed by atoms with E-state index in [1.807, 2.05) is 0 Å². The Morgan fingerprint density at radius 1 is 1.12 bits per heavy atom. The molecule has 1 aromatic heterocycles. The standard InChI is InChI=1S/C20H16F3N3O3.CH3NO2/c1-11(27)12-7-9-14(10-8-12)18-24-19(29-26-18)17-15(20(21,22)23)16(25-28-17)13-5-3-2-4-6-13;3-1-2-4/h2-11,19,27H,1H3,(H,24,26);1,4H,(H,2,3). The van der Waals surface area contributed by atoms with Crippen LogP contribution in [0.3, 0.4) is 0 Å². The van der Waals surface area contributed by atoms with Crippen LogP contribution in [0.4, 0.5) is 13.2 Å². The fraction of sp³-hybridized carbons (Fsp3) is 0.190. The number of amidine groups is 1. The van der Waals surface area contributed by atoms with Crippen LogP contribution in [0.1, 0.15) is 41.7 Å². The molecule has 0 spiro atoms. The Labute approximate surface area is 185 Å². The maximum atomic E-state index is 13.8. The minimum atomic E-state index is -4.71. The van der Waals surface area contributed by atoms with E-state index in [-0.39, 0.29) is 23.5 Å². The SMILES string of the molecule is CC(O)c1ccc(C2=NC(c3onc(-c4ccccc4)c3C(F)(F)F)ON2)cc1.O=CNO. The molecule has 0 radical (unpaired) electrons. The summed E-state index contributed by atoms with van der Waals surface area (Å²) in [4.78, 5) is 18.2. The maximum absolute atomic E-state index is 13.8. The summed E-state index contributed by atoms with van der Waals surface area (Å²) in [7, 11) is 0. The summed E-state index contributed by atoms with van der Waals surface area (Å²) >= 11 is 0. The third-order valence-electron chi connectivity index (χ3n) is 4.51. The lowest BCUT2D eigenvalue weighted by atomic mass is 10.1. The van der Waals surface area contributed by atoms with Crippen molar-refractivity contribution in [2.45, 2.75) is 25.4 Å². The largest absolute Gasteiger partial charge is 0.422 e. The summed E-state index contributed by atoms with van der Waals surface area (Å²) in [5.41, 5.74) is 4.01. The molecular weight excluding hydrogens is 445 g/mol. The van der Waals surface area contributed by atoms with Gasteiger partial charge in [-0.2, -0.15) is 13.2 Å². The maximum Gasteiger partial charge on any atom is 0.422 e. The number of hydrogen-bond donors (Lipinski definition) is 4. The van der Waals surface area contributed by atoms with E-state index in [9.17, 15) is 18.3 Å². The van der Waals surface area contributed by atoms with Gasteiger partial charge >= 0.3 is 6.18 Å². The molecule has 0 aliphatic carbocycles. The van der Waals surface area contributed by atoms with Gasteiger partial charge in [0.2, 0.25) is 18.4 Å². The predicted molar refractivity (Wildman–Crippen MR) is 109 cm³/mol. The number of aromatic nitrogens is 1. The number of benzene rings is 2. The van der Waals surface area contributed by atoms with Gasteiger partial charge in [-0.15, -0.1) is 0 Å². The van der Waals surface area contributed by atoms with Crippen LogP contribution >= 0.6 is 0 Å². The van der Waals surface area contributed by atoms with Crippen molar-refractivity contribution in [2.75, 3.05) is 0 Å². The number of nitrogens with one attached hydrogen (secondary N) is 2. The second-order valence-electron chi connectivity index (χ2n) is 6.73. The van der Waals surface area contributed by atoms with E-state index in [1.165, 1.54) is 17.6 Å². The molecule has 12 heteroatoms. The van der Waals surface area contributed by atoms with Gasteiger partial charge in [0.25, 0.3) is 0 Å². The zero-order chi connectivity index (χ0) is 24.0. The highest BCUT2D eigenvalue weighted by molar-refractivity contribution is 5.98. The topological polar surface area (TPSA) is 129 Å². The van der Waals surface area contributed by atoms with Gasteiger partial charge in [0.1, 0.15) is 11.3 Å². The van der Waals surface area contributed by atoms with Crippen LogP contribution in [0.5, 0.6) is 0 Å². The molecule has 174 valence electrons. The molecule has 9 nitrogen and oxygen atoms in total. The van der Waals surface area contributed by atoms with E-state index in [4.69, 9.17) is 19.4 Å². The summed E-state index contributed by atoms with van der Waals surface area (Å²) in [6, 6.07) is 14.7. The molecule has 1 aliphatic rings. The highest BCUT2D eigenvalue weighted by Crippen LogP contribution is 2.42. The van der Waals surface area contributed by atoms with Gasteiger partial charge in [-0.1, -0.05) is 59.8 Å². The van der Waals surface area contributed by atoms with Crippen LogP contribution in [0.15, 0.2) is 64.1 Å². The minimum Gasteiger partial charge on any atom is -0.389 e. The molecule has 2 atom stereocenters. The van der Waals surface area contributed by atoms with Gasteiger partial charge in [-0.25, -0.2) is 20.8 Å². The van der Waals surface area contributed by atoms with E-state index in [2.05, 4.69) is 15.6 Å². The summed E-state index contributed by atoms with van der Waals surface area (Å²) in [6.07, 6.45) is -6.50. The molecule has 1 amide bonds. The Kier molecular flexibility index (Phi) is 7.43. The number of halogens is 3. The van der Waals surface area contributed by atoms with Gasteiger partial charge in [-0.3, -0.25) is 10.0 Å². The molecule has 3 aromatic rings. The average Bonchev–Trinajstić information content (AvgIpc) is 3.47. The summed E-state index contributed by atoms with van der Waals surface area (Å²) in [6.45, 7) is 1.63. The van der Waals surface area contributed by atoms with Crippen LogP contribution in [-0.4, -0.2) is 27.7 Å². The average molecular weight is 464 g/mol. The third-order valence-corrected chi connectivity index (χ3v) is 4.51. The van der Waals surface area contributed by atoms with E-state index >= 15 is 0 Å². The van der Waals surface area contributed by atoms with E-state index in [1.54, 1.807) is 49.4 Å². The summed E-state index contributed by atoms with van der Waals surface area (Å²) in [5, 5.41) is 20.5. The van der Waals surface area contributed by atoms with Crippen molar-refractivity contribution in [3.63, 3.8) is 0 Å². The zero-order valence-electron chi connectivity index (χ0n) is 17.1. The molecule has 1 aliphatic heterocycles. The van der Waals surface area contributed by atoms with Crippen LogP contribution in [-0.2, 0) is 15.8 Å². The number of rotatable bonds is 5. The Bertz CT molecular complexity index is 1100. The van der Waals surface area contributed by atoms with Gasteiger partial charge < -0.3 is 9.63 Å². The number of nitrogens with zero attached hydrogens (tertiary/aromatic N) is 2. The quantitative estimate of drug-likeness (QED) is 0.258. The van der Waals surface area contributed by atoms with Crippen molar-refractivity contribution < 1.29 is 37.6 Å². The molecule has 2 unspecified atom stereocenters. The Morgan fingerprint density at radius 3 is 2.30 bits per heavy atom. The van der Waals surface area contributed by atoms with Gasteiger partial charge in [0, 0.05) is 11.1 Å². The number of hydroxylamine groups is 2. The van der Waals surface area contributed by atoms with Crippen molar-refractivity contribution in [1.29, 1.82) is 0 Å². The third kappa shape index (κ3) is 5.55. The number of carbonyl (C=O) groups is 1. The predicted octanol–water partition coefficient (Wildman–Crippen LogP) is 3.52. The molecule has 2 heterocycles. The monoisotopic (exact) mass is 464 g/mol. The normalized spacial score (nSPS) is 16.2.